The van der Waals surface area contributed by atoms with Crippen LogP contribution in [0.25, 0.3) is 22.4 Å². The molecule has 2 bridgehead atoms. The van der Waals surface area contributed by atoms with Crippen molar-refractivity contribution in [2.45, 2.75) is 89.6 Å². The maximum absolute atomic E-state index is 12.4. The first-order chi connectivity index (χ1) is 30.6. The van der Waals surface area contributed by atoms with E-state index in [9.17, 15) is 20.0 Å². The van der Waals surface area contributed by atoms with Crippen LogP contribution in [0.4, 0.5) is 0 Å². The molecule has 2 saturated heterocycles. The Kier molecular flexibility index (Phi) is 12.4. The molecule has 0 radical (unpaired) electrons. The molecule has 3 aromatic heterocycles. The number of carboxylic acids is 1. The van der Waals surface area contributed by atoms with Gasteiger partial charge in [-0.15, -0.1) is 0 Å². The summed E-state index contributed by atoms with van der Waals surface area (Å²) in [5.41, 5.74) is 7.53. The number of rotatable bonds is 15. The lowest BCUT2D eigenvalue weighted by molar-refractivity contribution is -0.160. The number of nitriles is 1. The highest BCUT2D eigenvalue weighted by atomic mass is 35.5. The molecule has 14 heteroatoms. The van der Waals surface area contributed by atoms with Crippen molar-refractivity contribution in [2.24, 2.45) is 11.3 Å². The van der Waals surface area contributed by atoms with Crippen molar-refractivity contribution >= 4 is 35.0 Å². The van der Waals surface area contributed by atoms with Crippen LogP contribution in [0.1, 0.15) is 90.9 Å². The minimum Gasteiger partial charge on any atom is -0.481 e. The largest absolute Gasteiger partial charge is 0.481 e. The summed E-state index contributed by atoms with van der Waals surface area (Å²) in [6.07, 6.45) is 9.46. The molecule has 12 nitrogen and oxygen atoms in total. The zero-order valence-electron chi connectivity index (χ0n) is 35.0. The van der Waals surface area contributed by atoms with Crippen LogP contribution in [0.2, 0.25) is 10.0 Å². The number of carbonyl (C=O) groups excluding carboxylic acids is 1. The molecular formula is C49H48Cl2N6O6. The molecule has 4 fully saturated rings. The highest BCUT2D eigenvalue weighted by molar-refractivity contribution is 6.36. The number of aliphatic carboxylic acids is 1. The molecule has 2 atom stereocenters. The second kappa shape index (κ2) is 18.3. The first-order valence-electron chi connectivity index (χ1n) is 21.6. The molecule has 2 saturated carbocycles. The van der Waals surface area contributed by atoms with Gasteiger partial charge in [-0.25, -0.2) is 4.98 Å². The van der Waals surface area contributed by atoms with E-state index in [2.05, 4.69) is 33.4 Å². The van der Waals surface area contributed by atoms with Crippen molar-refractivity contribution in [3.05, 3.63) is 116 Å². The zero-order valence-corrected chi connectivity index (χ0v) is 36.6. The molecule has 10 rings (SSSR count). The smallest absolute Gasteiger partial charge is 0.310 e. The number of ketones is 1. The van der Waals surface area contributed by atoms with Crippen molar-refractivity contribution in [3.8, 4) is 46.1 Å². The minimum absolute atomic E-state index is 0.107. The number of methoxy groups -OCH3 is 1. The predicted molar refractivity (Wildman–Crippen MR) is 238 cm³/mol. The first kappa shape index (κ1) is 42.7. The van der Waals surface area contributed by atoms with E-state index in [0.717, 1.165) is 71.2 Å². The summed E-state index contributed by atoms with van der Waals surface area (Å²) in [6.45, 7) is 2.33. The number of halogens is 2. The molecule has 5 heterocycles. The highest BCUT2D eigenvalue weighted by Crippen LogP contribution is 2.47. The number of Topliss-reactive ketones (excluding diaryl/α,β-unsaturated/α-hetero) is 1. The lowest BCUT2D eigenvalue weighted by Crippen LogP contribution is -2.56. The van der Waals surface area contributed by atoms with E-state index in [1.165, 1.54) is 6.20 Å². The lowest BCUT2D eigenvalue weighted by Gasteiger charge is -2.50. The van der Waals surface area contributed by atoms with Gasteiger partial charge in [0, 0.05) is 78.7 Å². The van der Waals surface area contributed by atoms with Crippen LogP contribution in [0.3, 0.4) is 0 Å². The van der Waals surface area contributed by atoms with Gasteiger partial charge in [0.15, 0.2) is 0 Å². The molecule has 5 aromatic rings. The number of pyridine rings is 3. The van der Waals surface area contributed by atoms with Gasteiger partial charge in [0.05, 0.1) is 28.8 Å². The molecule has 0 amide bonds. The number of fused-ring (bicyclic) bond motifs is 4. The SMILES string of the molecule is COc1nc(-c2cccc(-c3cccc4c3CC[C@@H]4Oc3nc(OCc4cncc(C#N)c4)c(CN4CC5(C(=O)O)CCC4CC5)cc3Cl)c2Cl)ccc1CNC[C@@H]1CCC(=O)C1. The molecule has 2 aromatic carbocycles. The predicted octanol–water partition coefficient (Wildman–Crippen LogP) is 9.33. The summed E-state index contributed by atoms with van der Waals surface area (Å²) in [5.74, 6) is 1.05. The summed E-state index contributed by atoms with van der Waals surface area (Å²) in [5, 5.41) is 24.0. The molecule has 3 aliphatic carbocycles. The fourth-order valence-corrected chi connectivity index (χ4v) is 10.5. The Morgan fingerprint density at radius 2 is 1.76 bits per heavy atom. The average Bonchev–Trinajstić information content (AvgIpc) is 3.92. The molecule has 5 aliphatic rings. The Hall–Kier alpha value is -5.58. The van der Waals surface area contributed by atoms with Gasteiger partial charge in [-0.05, 0) is 92.3 Å². The van der Waals surface area contributed by atoms with Crippen LogP contribution in [-0.4, -0.2) is 63.0 Å². The van der Waals surface area contributed by atoms with Gasteiger partial charge >= 0.3 is 5.97 Å². The second-order valence-corrected chi connectivity index (χ2v) is 18.1. The van der Waals surface area contributed by atoms with E-state index >= 15 is 0 Å². The van der Waals surface area contributed by atoms with Crippen molar-refractivity contribution in [3.63, 3.8) is 0 Å². The third kappa shape index (κ3) is 8.85. The van der Waals surface area contributed by atoms with Crippen molar-refractivity contribution in [2.75, 3.05) is 20.2 Å². The number of benzene rings is 2. The number of aromatic nitrogens is 3. The Bertz CT molecular complexity index is 2610. The maximum atomic E-state index is 12.4. The number of ether oxygens (including phenoxy) is 3. The number of nitrogens with zero attached hydrogens (tertiary/aromatic N) is 5. The van der Waals surface area contributed by atoms with Crippen molar-refractivity contribution in [1.82, 2.24) is 25.2 Å². The van der Waals surface area contributed by atoms with Gasteiger partial charge < -0.3 is 24.6 Å². The fourth-order valence-electron chi connectivity index (χ4n) is 9.95. The normalized spacial score (nSPS) is 21.6. The van der Waals surface area contributed by atoms with Crippen LogP contribution >= 0.6 is 23.2 Å². The minimum atomic E-state index is -0.757. The number of hydrogen-bond donors (Lipinski definition) is 2. The van der Waals surface area contributed by atoms with Crippen molar-refractivity contribution < 1.29 is 28.9 Å². The summed E-state index contributed by atoms with van der Waals surface area (Å²) >= 11 is 14.3. The summed E-state index contributed by atoms with van der Waals surface area (Å²) in [7, 11) is 1.62. The van der Waals surface area contributed by atoms with Gasteiger partial charge in [0.25, 0.3) is 0 Å². The summed E-state index contributed by atoms with van der Waals surface area (Å²) in [4.78, 5) is 40.3. The van der Waals surface area contributed by atoms with Crippen molar-refractivity contribution in [1.29, 1.82) is 5.26 Å². The molecule has 63 heavy (non-hydrogen) atoms. The first-order valence-corrected chi connectivity index (χ1v) is 22.3. The number of piperidine rings is 2. The Balaban J connectivity index is 0.959. The van der Waals surface area contributed by atoms with Gasteiger partial charge in [0.2, 0.25) is 17.6 Å². The zero-order chi connectivity index (χ0) is 43.7. The summed E-state index contributed by atoms with van der Waals surface area (Å²) < 4.78 is 18.8. The average molecular weight is 888 g/mol. The fraction of sp³-hybridized carbons (Fsp3) is 0.388. The highest BCUT2D eigenvalue weighted by Gasteiger charge is 2.49. The maximum Gasteiger partial charge on any atom is 0.310 e. The molecule has 2 N–H and O–H groups in total. The number of nitrogens with one attached hydrogen (secondary N) is 1. The molecule has 324 valence electrons. The second-order valence-electron chi connectivity index (χ2n) is 17.3. The number of carboxylic acid groups (broad SMARTS) is 1. The van der Waals surface area contributed by atoms with Crippen LogP contribution in [0, 0.1) is 22.7 Å². The molecule has 0 unspecified atom stereocenters. The Morgan fingerprint density at radius 3 is 2.54 bits per heavy atom. The van der Waals surface area contributed by atoms with E-state index in [0.29, 0.717) is 102 Å². The Morgan fingerprint density at radius 1 is 0.952 bits per heavy atom. The topological polar surface area (TPSA) is 160 Å². The number of carbonyl (C=O) groups is 2. The third-order valence-corrected chi connectivity index (χ3v) is 14.0. The standard InChI is InChI=1S/C49H48Cl2N6O6/c1-61-45-32(25-54-22-29-8-10-35(58)19-29)9-12-42(55-45)40-7-3-6-39(44(40)51)36-4-2-5-38-37(36)11-13-43(38)63-47-41(50)20-33(26-57-28-49(48(59)60)16-14-34(57)15-17-49)46(56-47)62-27-31-18-30(21-52)23-53-24-31/h2-7,9,12,18,20,23-24,29,34,43,54H,8,10-11,13-17,19,22,25-28H2,1H3,(H,59,60)/t29-,34?,43+,49?/m1/s1. The van der Waals surface area contributed by atoms with Gasteiger partial charge in [0.1, 0.15) is 29.6 Å². The Labute approximate surface area is 376 Å². The van der Waals surface area contributed by atoms with E-state index in [4.69, 9.17) is 47.4 Å². The quantitative estimate of drug-likeness (QED) is 0.103. The molecule has 0 spiro atoms. The van der Waals surface area contributed by atoms with Gasteiger partial charge in [-0.2, -0.15) is 10.2 Å². The summed E-state index contributed by atoms with van der Waals surface area (Å²) in [6, 6.07) is 22.0. The van der Waals surface area contributed by atoms with Gasteiger partial charge in [-0.3, -0.25) is 19.5 Å². The monoisotopic (exact) mass is 886 g/mol. The van der Waals surface area contributed by atoms with Gasteiger partial charge in [-0.1, -0.05) is 65.7 Å². The van der Waals surface area contributed by atoms with Crippen LogP contribution in [-0.2, 0) is 35.7 Å². The van der Waals surface area contributed by atoms with E-state index in [1.807, 2.05) is 42.5 Å². The van der Waals surface area contributed by atoms with E-state index < -0.39 is 11.4 Å². The number of hydrogen-bond acceptors (Lipinski definition) is 11. The van der Waals surface area contributed by atoms with Crippen LogP contribution in [0.15, 0.2) is 73.1 Å². The third-order valence-electron chi connectivity index (χ3n) is 13.3. The lowest BCUT2D eigenvalue weighted by atomic mass is 9.67. The van der Waals surface area contributed by atoms with Crippen LogP contribution < -0.4 is 19.5 Å². The molecule has 2 aliphatic heterocycles. The van der Waals surface area contributed by atoms with Crippen LogP contribution in [0.5, 0.6) is 17.6 Å². The van der Waals surface area contributed by atoms with E-state index in [1.54, 1.807) is 19.4 Å². The van der Waals surface area contributed by atoms with E-state index in [-0.39, 0.29) is 24.6 Å². The molecular weight excluding hydrogens is 839 g/mol.